The maximum Gasteiger partial charge on any atom is 0.244 e. The number of amides is 1. The Balaban J connectivity index is 1.44. The number of hydrogen-bond acceptors (Lipinski definition) is 8. The fourth-order valence-corrected chi connectivity index (χ4v) is 4.93. The Bertz CT molecular complexity index is 1250. The molecule has 2 fully saturated rings. The zero-order chi connectivity index (χ0) is 24.0. The Kier molecular flexibility index (Phi) is 5.61. The summed E-state index contributed by atoms with van der Waals surface area (Å²) in [6.45, 7) is 6.60. The second-order valence-electron chi connectivity index (χ2n) is 9.23. The molecule has 180 valence electrons. The molecule has 34 heavy (non-hydrogen) atoms. The molecular weight excluding hydrogens is 439 g/mol. The molecule has 11 heteroatoms. The van der Waals surface area contributed by atoms with E-state index in [9.17, 15) is 9.18 Å². The number of nitrogens with zero attached hydrogens (tertiary/aromatic N) is 6. The van der Waals surface area contributed by atoms with Crippen molar-refractivity contribution in [3.05, 3.63) is 41.7 Å². The summed E-state index contributed by atoms with van der Waals surface area (Å²) in [5.41, 5.74) is 14.8. The van der Waals surface area contributed by atoms with E-state index in [-0.39, 0.29) is 17.8 Å². The number of fused-ring (bicyclic) bond motifs is 1. The predicted octanol–water partition coefficient (Wildman–Crippen LogP) is 1.06. The lowest BCUT2D eigenvalue weighted by Gasteiger charge is -2.36. The Morgan fingerprint density at radius 2 is 2.12 bits per heavy atom. The van der Waals surface area contributed by atoms with Gasteiger partial charge in [-0.05, 0) is 38.0 Å². The summed E-state index contributed by atoms with van der Waals surface area (Å²) in [5.74, 6) is -0.0597. The van der Waals surface area contributed by atoms with E-state index in [1.165, 1.54) is 12.4 Å². The Morgan fingerprint density at radius 3 is 2.91 bits per heavy atom. The first-order valence-corrected chi connectivity index (χ1v) is 11.4. The van der Waals surface area contributed by atoms with Crippen molar-refractivity contribution in [3.63, 3.8) is 0 Å². The standard InChI is InChI=1S/C23H29FN8O2/c1-14-9-30(7-8-34-14)22(33)23(26)5-6-31(11-23)18-4-3-17(24)15(2)16(18)10-32-13-29-19-20(25)27-12-28-21(19)32/h3-4,12-14H,5-11,26H2,1-2H3,(H2,25,27,28)/t14-,23-/m1/s1. The van der Waals surface area contributed by atoms with Gasteiger partial charge in [0, 0.05) is 37.4 Å². The van der Waals surface area contributed by atoms with Crippen LogP contribution in [0.5, 0.6) is 0 Å². The lowest BCUT2D eigenvalue weighted by molar-refractivity contribution is -0.143. The third-order valence-electron chi connectivity index (χ3n) is 6.86. The summed E-state index contributed by atoms with van der Waals surface area (Å²) < 4.78 is 22.0. The van der Waals surface area contributed by atoms with Crippen LogP contribution in [-0.2, 0) is 16.1 Å². The van der Waals surface area contributed by atoms with Gasteiger partial charge in [0.1, 0.15) is 23.2 Å². The topological polar surface area (TPSA) is 128 Å². The Hall–Kier alpha value is -3.31. The molecule has 10 nitrogen and oxygen atoms in total. The zero-order valence-electron chi connectivity index (χ0n) is 19.4. The fraction of sp³-hybridized carbons (Fsp3) is 0.478. The SMILES string of the molecule is Cc1c(F)ccc(N2CC[C@](N)(C(=O)N3CCO[C@H](C)C3)C2)c1Cn1cnc2c(N)ncnc21. The molecular formula is C23H29FN8O2. The van der Waals surface area contributed by atoms with Crippen molar-refractivity contribution in [2.75, 3.05) is 43.4 Å². The van der Waals surface area contributed by atoms with Crippen LogP contribution in [0.15, 0.2) is 24.8 Å². The number of imidazole rings is 1. The van der Waals surface area contributed by atoms with E-state index < -0.39 is 5.54 Å². The number of benzene rings is 1. The first-order valence-electron chi connectivity index (χ1n) is 11.4. The highest BCUT2D eigenvalue weighted by Crippen LogP contribution is 2.33. The quantitative estimate of drug-likeness (QED) is 0.582. The van der Waals surface area contributed by atoms with E-state index in [0.717, 1.165) is 11.3 Å². The lowest BCUT2D eigenvalue weighted by atomic mass is 9.97. The Labute approximate surface area is 196 Å². The van der Waals surface area contributed by atoms with Gasteiger partial charge in [-0.15, -0.1) is 0 Å². The van der Waals surface area contributed by atoms with Crippen LogP contribution >= 0.6 is 0 Å². The molecule has 2 aliphatic heterocycles. The van der Waals surface area contributed by atoms with Gasteiger partial charge < -0.3 is 30.6 Å². The smallest absolute Gasteiger partial charge is 0.244 e. The van der Waals surface area contributed by atoms with Gasteiger partial charge in [-0.2, -0.15) is 0 Å². The van der Waals surface area contributed by atoms with Crippen molar-refractivity contribution in [1.82, 2.24) is 24.4 Å². The van der Waals surface area contributed by atoms with Crippen molar-refractivity contribution in [2.45, 2.75) is 38.5 Å². The minimum Gasteiger partial charge on any atom is -0.382 e. The van der Waals surface area contributed by atoms with Gasteiger partial charge in [0.15, 0.2) is 11.5 Å². The molecule has 2 aliphatic rings. The van der Waals surface area contributed by atoms with E-state index >= 15 is 0 Å². The van der Waals surface area contributed by atoms with Gasteiger partial charge in [0.25, 0.3) is 0 Å². The molecule has 4 N–H and O–H groups in total. The monoisotopic (exact) mass is 468 g/mol. The number of ether oxygens (including phenoxy) is 1. The summed E-state index contributed by atoms with van der Waals surface area (Å²) in [5, 5.41) is 0. The molecule has 0 unspecified atom stereocenters. The highest BCUT2D eigenvalue weighted by Gasteiger charge is 2.44. The average molecular weight is 469 g/mol. The molecule has 1 amide bonds. The van der Waals surface area contributed by atoms with Crippen LogP contribution in [0.2, 0.25) is 0 Å². The van der Waals surface area contributed by atoms with Crippen molar-refractivity contribution < 1.29 is 13.9 Å². The number of aromatic nitrogens is 4. The molecule has 3 aromatic rings. The molecule has 2 saturated heterocycles. The molecule has 0 saturated carbocycles. The molecule has 2 aromatic heterocycles. The first-order chi connectivity index (χ1) is 16.3. The van der Waals surface area contributed by atoms with Crippen LogP contribution in [0.3, 0.4) is 0 Å². The van der Waals surface area contributed by atoms with Crippen LogP contribution in [0.1, 0.15) is 24.5 Å². The molecule has 0 aliphatic carbocycles. The number of hydrogen-bond donors (Lipinski definition) is 2. The maximum atomic E-state index is 14.6. The van der Waals surface area contributed by atoms with Crippen molar-refractivity contribution in [1.29, 1.82) is 0 Å². The van der Waals surface area contributed by atoms with Crippen LogP contribution in [0.25, 0.3) is 11.2 Å². The van der Waals surface area contributed by atoms with Crippen molar-refractivity contribution in [3.8, 4) is 0 Å². The molecule has 0 spiro atoms. The summed E-state index contributed by atoms with van der Waals surface area (Å²) in [7, 11) is 0. The highest BCUT2D eigenvalue weighted by atomic mass is 19.1. The summed E-state index contributed by atoms with van der Waals surface area (Å²) in [6.07, 6.45) is 3.53. The number of carbonyl (C=O) groups is 1. The predicted molar refractivity (Wildman–Crippen MR) is 126 cm³/mol. The first kappa shape index (κ1) is 22.5. The largest absolute Gasteiger partial charge is 0.382 e. The number of halogens is 1. The van der Waals surface area contributed by atoms with E-state index in [0.29, 0.717) is 68.3 Å². The highest BCUT2D eigenvalue weighted by molar-refractivity contribution is 5.88. The number of morpholine rings is 1. The van der Waals surface area contributed by atoms with Crippen molar-refractivity contribution in [2.24, 2.45) is 5.73 Å². The maximum absolute atomic E-state index is 14.6. The third kappa shape index (κ3) is 3.84. The minimum absolute atomic E-state index is 0.00648. The molecule has 0 radical (unpaired) electrons. The number of nitrogens with two attached hydrogens (primary N) is 2. The van der Waals surface area contributed by atoms with E-state index in [4.69, 9.17) is 16.2 Å². The fourth-order valence-electron chi connectivity index (χ4n) is 4.93. The molecule has 2 atom stereocenters. The minimum atomic E-state index is -1.00. The molecule has 4 heterocycles. The molecule has 5 rings (SSSR count). The van der Waals surface area contributed by atoms with Gasteiger partial charge in [-0.1, -0.05) is 0 Å². The van der Waals surface area contributed by atoms with Crippen LogP contribution in [0, 0.1) is 12.7 Å². The number of rotatable bonds is 4. The second-order valence-corrected chi connectivity index (χ2v) is 9.23. The number of nitrogen functional groups attached to an aromatic ring is 1. The van der Waals surface area contributed by atoms with E-state index in [2.05, 4.69) is 19.9 Å². The van der Waals surface area contributed by atoms with Crippen LogP contribution < -0.4 is 16.4 Å². The van der Waals surface area contributed by atoms with Crippen LogP contribution in [0.4, 0.5) is 15.9 Å². The van der Waals surface area contributed by atoms with Gasteiger partial charge in [0.05, 0.1) is 25.6 Å². The van der Waals surface area contributed by atoms with Crippen LogP contribution in [-0.4, -0.2) is 74.8 Å². The summed E-state index contributed by atoms with van der Waals surface area (Å²) >= 11 is 0. The van der Waals surface area contributed by atoms with Gasteiger partial charge in [-0.3, -0.25) is 4.79 Å². The third-order valence-corrected chi connectivity index (χ3v) is 6.86. The Morgan fingerprint density at radius 1 is 1.29 bits per heavy atom. The molecule has 0 bridgehead atoms. The normalized spacial score (nSPS) is 23.1. The lowest BCUT2D eigenvalue weighted by Crippen LogP contribution is -2.59. The zero-order valence-corrected chi connectivity index (χ0v) is 19.4. The van der Waals surface area contributed by atoms with E-state index in [1.54, 1.807) is 24.2 Å². The second kappa shape index (κ2) is 8.48. The van der Waals surface area contributed by atoms with Gasteiger partial charge in [-0.25, -0.2) is 19.3 Å². The summed E-state index contributed by atoms with van der Waals surface area (Å²) in [4.78, 5) is 29.8. The number of carbonyl (C=O) groups excluding carboxylic acids is 1. The summed E-state index contributed by atoms with van der Waals surface area (Å²) in [6, 6.07) is 3.22. The van der Waals surface area contributed by atoms with Crippen molar-refractivity contribution >= 4 is 28.6 Å². The van der Waals surface area contributed by atoms with Gasteiger partial charge >= 0.3 is 0 Å². The molecule has 1 aromatic carbocycles. The van der Waals surface area contributed by atoms with Gasteiger partial charge in [0.2, 0.25) is 5.91 Å². The van der Waals surface area contributed by atoms with E-state index in [1.807, 2.05) is 11.5 Å². The average Bonchev–Trinajstić information content (AvgIpc) is 3.42. The number of anilines is 2.